The topological polar surface area (TPSA) is 273 Å². The Morgan fingerprint density at radius 2 is 1.59 bits per heavy atom. The molecule has 16 nitrogen and oxygen atoms in total. The fourth-order valence-electron chi connectivity index (χ4n) is 3.30. The lowest BCUT2D eigenvalue weighted by atomic mass is 10.1. The van der Waals surface area contributed by atoms with Crippen molar-refractivity contribution in [2.24, 2.45) is 22.2 Å². The Bertz CT molecular complexity index is 952. The number of carbonyl (C=O) groups excluding carboxylic acids is 4. The lowest BCUT2D eigenvalue weighted by Gasteiger charge is -2.29. The third-order valence-corrected chi connectivity index (χ3v) is 7.12. The number of carbonyl (C=O) groups is 6. The van der Waals surface area contributed by atoms with E-state index in [4.69, 9.17) is 22.3 Å². The Labute approximate surface area is 239 Å². The van der Waals surface area contributed by atoms with Gasteiger partial charge in [-0.2, -0.15) is 25.3 Å². The zero-order chi connectivity index (χ0) is 29.7. The zero-order valence-electron chi connectivity index (χ0n) is 20.8. The quantitative estimate of drug-likeness (QED) is 0.0348. The smallest absolute Gasteiger partial charge is 0.327 e. The van der Waals surface area contributed by atoms with Crippen molar-refractivity contribution in [2.75, 3.05) is 29.7 Å². The second-order valence-corrected chi connectivity index (χ2v) is 10.1. The van der Waals surface area contributed by atoms with Crippen LogP contribution in [0.25, 0.3) is 0 Å². The summed E-state index contributed by atoms with van der Waals surface area (Å²) in [5.74, 6) is -6.28. The van der Waals surface area contributed by atoms with Crippen LogP contribution in [0.3, 0.4) is 0 Å². The Balaban J connectivity index is 2.90. The molecule has 19 heteroatoms. The first-order chi connectivity index (χ1) is 18.3. The fourth-order valence-corrected chi connectivity index (χ4v) is 4.97. The summed E-state index contributed by atoms with van der Waals surface area (Å²) < 4.78 is 0. The highest BCUT2D eigenvalue weighted by Crippen LogP contribution is 2.23. The number of guanidine groups is 1. The summed E-state index contributed by atoms with van der Waals surface area (Å²) in [5, 5.41) is 25.5. The van der Waals surface area contributed by atoms with E-state index < -0.39 is 72.2 Å². The molecule has 0 aromatic rings. The van der Waals surface area contributed by atoms with E-state index >= 15 is 0 Å². The van der Waals surface area contributed by atoms with E-state index in [1.165, 1.54) is 11.8 Å². The number of hydrogen-bond donors (Lipinski definition) is 10. The molecule has 1 saturated heterocycles. The molecular formula is C20H34N8O8S3. The number of carboxylic acids is 2. The van der Waals surface area contributed by atoms with Gasteiger partial charge in [0.05, 0.1) is 18.3 Å². The summed E-state index contributed by atoms with van der Waals surface area (Å²) in [4.78, 5) is 78.7. The average molecular weight is 611 g/mol. The van der Waals surface area contributed by atoms with Crippen molar-refractivity contribution in [3.8, 4) is 0 Å². The molecule has 1 aliphatic heterocycles. The van der Waals surface area contributed by atoms with Crippen LogP contribution in [0.2, 0.25) is 0 Å². The maximum atomic E-state index is 13.2. The van der Waals surface area contributed by atoms with Gasteiger partial charge in [0.1, 0.15) is 24.2 Å². The van der Waals surface area contributed by atoms with E-state index in [-0.39, 0.29) is 42.1 Å². The molecule has 0 saturated carbocycles. The Hall–Kier alpha value is -2.90. The van der Waals surface area contributed by atoms with Crippen molar-refractivity contribution >= 4 is 78.5 Å². The number of nitrogens with zero attached hydrogens (tertiary/aromatic N) is 2. The van der Waals surface area contributed by atoms with Crippen LogP contribution < -0.4 is 33.2 Å². The van der Waals surface area contributed by atoms with Gasteiger partial charge in [0.15, 0.2) is 5.96 Å². The molecule has 0 radical (unpaired) electrons. The summed E-state index contributed by atoms with van der Waals surface area (Å²) >= 11 is 9.13. The third kappa shape index (κ3) is 11.4. The Morgan fingerprint density at radius 3 is 2.13 bits per heavy atom. The molecule has 1 fully saturated rings. The molecule has 1 aliphatic rings. The predicted molar refractivity (Wildman–Crippen MR) is 149 cm³/mol. The van der Waals surface area contributed by atoms with Crippen LogP contribution in [0.4, 0.5) is 0 Å². The van der Waals surface area contributed by atoms with Crippen LogP contribution in [0.5, 0.6) is 0 Å². The lowest BCUT2D eigenvalue weighted by molar-refractivity contribution is -0.147. The van der Waals surface area contributed by atoms with Crippen LogP contribution >= 0.6 is 37.0 Å². The lowest BCUT2D eigenvalue weighted by Crippen LogP contribution is -2.59. The molecule has 5 atom stereocenters. The van der Waals surface area contributed by atoms with Gasteiger partial charge in [-0.1, -0.05) is 0 Å². The summed E-state index contributed by atoms with van der Waals surface area (Å²) in [6, 6.07) is -6.24. The summed E-state index contributed by atoms with van der Waals surface area (Å²) in [5.41, 5.74) is 16.3. The minimum atomic E-state index is -1.59. The van der Waals surface area contributed by atoms with Gasteiger partial charge < -0.3 is 48.3 Å². The summed E-state index contributed by atoms with van der Waals surface area (Å²) in [7, 11) is 0. The van der Waals surface area contributed by atoms with Crippen molar-refractivity contribution in [3.63, 3.8) is 0 Å². The number of amides is 4. The predicted octanol–water partition coefficient (Wildman–Crippen LogP) is -3.86. The molecule has 0 spiro atoms. The number of nitrogens with one attached hydrogen (secondary N) is 3. The van der Waals surface area contributed by atoms with Crippen molar-refractivity contribution in [3.05, 3.63) is 0 Å². The maximum Gasteiger partial charge on any atom is 0.327 e. The van der Waals surface area contributed by atoms with E-state index in [1.54, 1.807) is 0 Å². The highest BCUT2D eigenvalue weighted by molar-refractivity contribution is 7.99. The van der Waals surface area contributed by atoms with Gasteiger partial charge in [-0.15, -0.1) is 11.8 Å². The number of aliphatic imine (C=N–C) groups is 1. The Kier molecular flexibility index (Phi) is 14.8. The SMILES string of the molecule is NC(N)=NCCC[C@H](N)C(=O)N[C@@H](CS)C(=O)N[C@@H](CC(=O)O)C(=O)N1CSC[C@H]1C(=O)N[C@@H](CS)C(=O)O. The van der Waals surface area contributed by atoms with Gasteiger partial charge in [-0.05, 0) is 12.8 Å². The molecule has 0 aromatic carbocycles. The maximum absolute atomic E-state index is 13.2. The van der Waals surface area contributed by atoms with Crippen molar-refractivity contribution in [1.82, 2.24) is 20.9 Å². The molecule has 0 bridgehead atoms. The highest BCUT2D eigenvalue weighted by atomic mass is 32.2. The van der Waals surface area contributed by atoms with Gasteiger partial charge >= 0.3 is 11.9 Å². The highest BCUT2D eigenvalue weighted by Gasteiger charge is 2.40. The summed E-state index contributed by atoms with van der Waals surface area (Å²) in [6.45, 7) is 0.248. The number of thiol groups is 2. The normalized spacial score (nSPS) is 17.7. The van der Waals surface area contributed by atoms with Crippen LogP contribution in [0.15, 0.2) is 4.99 Å². The van der Waals surface area contributed by atoms with Crippen LogP contribution in [0, 0.1) is 0 Å². The van der Waals surface area contributed by atoms with Crippen molar-refractivity contribution in [1.29, 1.82) is 0 Å². The first kappa shape index (κ1) is 34.1. The molecule has 0 unspecified atom stereocenters. The molecule has 220 valence electrons. The number of rotatable bonds is 16. The third-order valence-electron chi connectivity index (χ3n) is 5.38. The molecule has 4 amide bonds. The van der Waals surface area contributed by atoms with E-state index in [1.807, 2.05) is 0 Å². The number of aliphatic carboxylic acids is 2. The van der Waals surface area contributed by atoms with E-state index in [0.29, 0.717) is 6.42 Å². The second kappa shape index (κ2) is 16.9. The minimum Gasteiger partial charge on any atom is -0.481 e. The average Bonchev–Trinajstić information content (AvgIpc) is 3.36. The molecule has 11 N–H and O–H groups in total. The largest absolute Gasteiger partial charge is 0.481 e. The molecule has 0 aromatic heterocycles. The molecule has 39 heavy (non-hydrogen) atoms. The molecular weight excluding hydrogens is 576 g/mol. The minimum absolute atomic E-state index is 0.00294. The molecule has 1 heterocycles. The number of carboxylic acid groups (broad SMARTS) is 2. The van der Waals surface area contributed by atoms with Crippen molar-refractivity contribution < 1.29 is 39.0 Å². The Morgan fingerprint density at radius 1 is 0.974 bits per heavy atom. The zero-order valence-corrected chi connectivity index (χ0v) is 23.4. The van der Waals surface area contributed by atoms with E-state index in [9.17, 15) is 33.9 Å². The van der Waals surface area contributed by atoms with Crippen LogP contribution in [-0.4, -0.2) is 117 Å². The van der Waals surface area contributed by atoms with Crippen molar-refractivity contribution in [2.45, 2.75) is 49.5 Å². The van der Waals surface area contributed by atoms with Gasteiger partial charge in [0, 0.05) is 23.8 Å². The monoisotopic (exact) mass is 610 g/mol. The van der Waals surface area contributed by atoms with Crippen LogP contribution in [0.1, 0.15) is 19.3 Å². The second-order valence-electron chi connectivity index (χ2n) is 8.36. The number of thioether (sulfide) groups is 1. The number of nitrogens with two attached hydrogens (primary N) is 3. The van der Waals surface area contributed by atoms with Gasteiger partial charge in [-0.25, -0.2) is 4.79 Å². The number of hydrogen-bond acceptors (Lipinski definition) is 11. The molecule has 0 aliphatic carbocycles. The fraction of sp³-hybridized carbons (Fsp3) is 0.650. The van der Waals surface area contributed by atoms with Gasteiger partial charge in [0.2, 0.25) is 23.6 Å². The first-order valence-electron chi connectivity index (χ1n) is 11.6. The summed E-state index contributed by atoms with van der Waals surface area (Å²) in [6.07, 6.45) is -0.217. The molecule has 1 rings (SSSR count). The van der Waals surface area contributed by atoms with E-state index in [0.717, 1.165) is 4.90 Å². The van der Waals surface area contributed by atoms with Gasteiger partial charge in [0.25, 0.3) is 0 Å². The van der Waals surface area contributed by atoms with Gasteiger partial charge in [-0.3, -0.25) is 29.0 Å². The van der Waals surface area contributed by atoms with E-state index in [2.05, 4.69) is 46.2 Å². The van der Waals surface area contributed by atoms with Crippen LogP contribution in [-0.2, 0) is 28.8 Å². The standard InChI is InChI=1S/C20H34N8O8S3/c21-9(2-1-3-24-20(22)23)15(31)26-11(5-37)16(32)25-10(4-14(29)30)18(34)28-8-39-7-13(28)17(33)27-12(6-38)19(35)36/h9-13,37-38H,1-8,21H2,(H,25,32)(H,26,31)(H,27,33)(H,29,30)(H,35,36)(H4,22,23,24)/t9-,10-,11-,12-,13-/m0/s1. The first-order valence-corrected chi connectivity index (χ1v) is 14.0.